The Labute approximate surface area is 186 Å². The third kappa shape index (κ3) is 3.96. The Morgan fingerprint density at radius 3 is 3.10 bits per heavy atom. The van der Waals surface area contributed by atoms with Gasteiger partial charge in [-0.05, 0) is 62.9 Å². The van der Waals surface area contributed by atoms with E-state index in [-0.39, 0.29) is 0 Å². The van der Waals surface area contributed by atoms with Crippen LogP contribution in [0.25, 0.3) is 10.2 Å². The van der Waals surface area contributed by atoms with E-state index in [1.165, 1.54) is 40.4 Å². The largest absolute Gasteiger partial charge is 0.383 e. The molecule has 1 fully saturated rings. The number of methoxy groups -OCH3 is 1. The number of ether oxygens (including phenoxy) is 1. The number of benzene rings is 1. The van der Waals surface area contributed by atoms with E-state index >= 15 is 0 Å². The number of hydrogen-bond donors (Lipinski definition) is 1. The number of likely N-dealkylation sites (tertiary alicyclic amines) is 1. The van der Waals surface area contributed by atoms with Crippen LogP contribution < -0.4 is 5.32 Å². The van der Waals surface area contributed by atoms with Gasteiger partial charge in [-0.1, -0.05) is 0 Å². The summed E-state index contributed by atoms with van der Waals surface area (Å²) in [6, 6.07) is 9.12. The van der Waals surface area contributed by atoms with Crippen molar-refractivity contribution in [1.29, 1.82) is 0 Å². The van der Waals surface area contributed by atoms with Gasteiger partial charge in [0.25, 0.3) is 0 Å². The van der Waals surface area contributed by atoms with Crippen molar-refractivity contribution in [3.63, 3.8) is 0 Å². The minimum absolute atomic E-state index is 0.587. The van der Waals surface area contributed by atoms with Gasteiger partial charge in [0, 0.05) is 48.1 Å². The lowest BCUT2D eigenvalue weighted by Crippen LogP contribution is -2.47. The number of nitrogens with zero attached hydrogens (tertiary/aromatic N) is 3. The normalized spacial score (nSPS) is 24.3. The molecule has 1 unspecified atom stereocenters. The highest BCUT2D eigenvalue weighted by atomic mass is 32.2. The van der Waals surface area contributed by atoms with E-state index in [1.54, 1.807) is 18.4 Å². The van der Waals surface area contributed by atoms with Crippen molar-refractivity contribution < 1.29 is 4.74 Å². The monoisotopic (exact) mass is 440 g/mol. The van der Waals surface area contributed by atoms with Crippen molar-refractivity contribution >= 4 is 44.7 Å². The van der Waals surface area contributed by atoms with E-state index in [2.05, 4.69) is 46.4 Å². The van der Waals surface area contributed by atoms with Crippen molar-refractivity contribution in [2.45, 2.75) is 42.5 Å². The predicted molar refractivity (Wildman–Crippen MR) is 126 cm³/mol. The molecule has 7 heteroatoms. The fraction of sp³-hybridized carbons (Fsp3) is 0.478. The summed E-state index contributed by atoms with van der Waals surface area (Å²) in [5.74, 6) is 0.689. The standard InChI is InChI=1S/C23H28N4OS2/c1-15-17(4-3-9-27(15)10-11-28-2)22-13-18-19(7-8-24-23(18)30-22)26-16-5-6-21-20(12-16)25-14-29-21/h5-8,12,14-15,17,22H,3-4,9-11,13H2,1-2H3,(H,24,26)/t15-,17-,22?/m1/s1. The zero-order chi connectivity index (χ0) is 20.5. The number of rotatable bonds is 6. The minimum atomic E-state index is 0.587. The molecule has 1 N–H and O–H groups in total. The molecule has 1 aromatic carbocycles. The molecule has 5 rings (SSSR count). The Kier molecular flexibility index (Phi) is 5.96. The number of hydrogen-bond acceptors (Lipinski definition) is 7. The molecule has 0 bridgehead atoms. The first-order valence-electron chi connectivity index (χ1n) is 10.7. The molecule has 2 aliphatic heterocycles. The van der Waals surface area contributed by atoms with Crippen LogP contribution in [0.4, 0.5) is 11.4 Å². The van der Waals surface area contributed by atoms with Gasteiger partial charge in [-0.3, -0.25) is 4.90 Å². The average Bonchev–Trinajstić information content (AvgIpc) is 3.40. The van der Waals surface area contributed by atoms with Crippen molar-refractivity contribution in [3.05, 3.63) is 41.5 Å². The highest BCUT2D eigenvalue weighted by Gasteiger charge is 2.38. The maximum atomic E-state index is 5.33. The van der Waals surface area contributed by atoms with Crippen LogP contribution in [0, 0.1) is 5.92 Å². The molecule has 2 aromatic heterocycles. The molecule has 2 aliphatic rings. The summed E-state index contributed by atoms with van der Waals surface area (Å²) >= 11 is 3.66. The number of thioether (sulfide) groups is 1. The van der Waals surface area contributed by atoms with Gasteiger partial charge in [0.05, 0.1) is 22.3 Å². The lowest BCUT2D eigenvalue weighted by molar-refractivity contribution is 0.0701. The van der Waals surface area contributed by atoms with Crippen molar-refractivity contribution in [2.24, 2.45) is 5.92 Å². The lowest BCUT2D eigenvalue weighted by Gasteiger charge is -2.41. The third-order valence-corrected chi connectivity index (χ3v) is 8.74. The molecule has 0 spiro atoms. The SMILES string of the molecule is COCCN1CCC[C@@H](C2Cc3c(Nc4ccc5scnc5c4)ccnc3S2)[C@H]1C. The molecule has 0 aliphatic carbocycles. The number of pyridine rings is 1. The van der Waals surface area contributed by atoms with Gasteiger partial charge in [-0.25, -0.2) is 9.97 Å². The number of nitrogens with one attached hydrogen (secondary N) is 1. The Bertz CT molecular complexity index is 1020. The fourth-order valence-electron chi connectivity index (χ4n) is 4.87. The zero-order valence-corrected chi connectivity index (χ0v) is 19.1. The first kappa shape index (κ1) is 20.2. The number of aromatic nitrogens is 2. The molecular formula is C23H28N4OS2. The molecule has 3 atom stereocenters. The minimum Gasteiger partial charge on any atom is -0.383 e. The van der Waals surface area contributed by atoms with Gasteiger partial charge in [0.2, 0.25) is 0 Å². The molecule has 0 radical (unpaired) electrons. The van der Waals surface area contributed by atoms with Crippen LogP contribution in [0.15, 0.2) is 41.0 Å². The summed E-state index contributed by atoms with van der Waals surface area (Å²) in [6.07, 6.45) is 5.60. The molecule has 4 heterocycles. The Balaban J connectivity index is 1.33. The van der Waals surface area contributed by atoms with Crippen molar-refractivity contribution in [3.8, 4) is 0 Å². The molecule has 1 saturated heterocycles. The van der Waals surface area contributed by atoms with E-state index in [9.17, 15) is 0 Å². The first-order chi connectivity index (χ1) is 14.7. The van der Waals surface area contributed by atoms with Crippen LogP contribution in [0.3, 0.4) is 0 Å². The maximum absolute atomic E-state index is 5.33. The number of fused-ring (bicyclic) bond motifs is 2. The highest BCUT2D eigenvalue weighted by Crippen LogP contribution is 2.46. The smallest absolute Gasteiger partial charge is 0.102 e. The van der Waals surface area contributed by atoms with Crippen molar-refractivity contribution in [2.75, 3.05) is 32.1 Å². The highest BCUT2D eigenvalue weighted by molar-refractivity contribution is 8.00. The molecule has 5 nitrogen and oxygen atoms in total. The summed E-state index contributed by atoms with van der Waals surface area (Å²) < 4.78 is 6.55. The maximum Gasteiger partial charge on any atom is 0.102 e. The van der Waals surface area contributed by atoms with Crippen LogP contribution in [-0.4, -0.2) is 53.0 Å². The second-order valence-electron chi connectivity index (χ2n) is 8.24. The Morgan fingerprint density at radius 2 is 2.20 bits per heavy atom. The number of thiazole rings is 1. The quantitative estimate of drug-likeness (QED) is 0.569. The van der Waals surface area contributed by atoms with Gasteiger partial charge in [-0.15, -0.1) is 23.1 Å². The second-order valence-corrected chi connectivity index (χ2v) is 10.4. The molecule has 30 heavy (non-hydrogen) atoms. The van der Waals surface area contributed by atoms with Gasteiger partial charge >= 0.3 is 0 Å². The van der Waals surface area contributed by atoms with Gasteiger partial charge in [0.1, 0.15) is 5.03 Å². The van der Waals surface area contributed by atoms with Crippen molar-refractivity contribution in [1.82, 2.24) is 14.9 Å². The second kappa shape index (κ2) is 8.83. The van der Waals surface area contributed by atoms with Gasteiger partial charge in [0.15, 0.2) is 0 Å². The van der Waals surface area contributed by atoms with E-state index < -0.39 is 0 Å². The topological polar surface area (TPSA) is 50.3 Å². The Hall–Kier alpha value is -1.67. The van der Waals surface area contributed by atoms with E-state index in [1.807, 2.05) is 23.5 Å². The summed E-state index contributed by atoms with van der Waals surface area (Å²) in [5.41, 5.74) is 6.60. The van der Waals surface area contributed by atoms with Crippen LogP contribution in [0.1, 0.15) is 25.3 Å². The number of anilines is 2. The fourth-order valence-corrected chi connectivity index (χ4v) is 7.06. The molecule has 3 aromatic rings. The van der Waals surface area contributed by atoms with E-state index in [0.717, 1.165) is 30.8 Å². The lowest BCUT2D eigenvalue weighted by atomic mass is 9.85. The molecular weight excluding hydrogens is 412 g/mol. The summed E-state index contributed by atoms with van der Waals surface area (Å²) in [5, 5.41) is 5.43. The molecule has 0 amide bonds. The molecule has 158 valence electrons. The molecule has 0 saturated carbocycles. The Morgan fingerprint density at radius 1 is 1.27 bits per heavy atom. The van der Waals surface area contributed by atoms with Crippen LogP contribution in [0.5, 0.6) is 0 Å². The first-order valence-corrected chi connectivity index (χ1v) is 12.5. The summed E-state index contributed by atoms with van der Waals surface area (Å²) in [7, 11) is 1.79. The van der Waals surface area contributed by atoms with E-state index in [0.29, 0.717) is 17.2 Å². The van der Waals surface area contributed by atoms with Crippen LogP contribution in [0.2, 0.25) is 0 Å². The number of piperidine rings is 1. The zero-order valence-electron chi connectivity index (χ0n) is 17.5. The third-order valence-electron chi connectivity index (χ3n) is 6.53. The summed E-state index contributed by atoms with van der Waals surface area (Å²) in [4.78, 5) is 11.8. The van der Waals surface area contributed by atoms with Crippen LogP contribution in [-0.2, 0) is 11.2 Å². The van der Waals surface area contributed by atoms with Gasteiger partial charge in [-0.2, -0.15) is 0 Å². The van der Waals surface area contributed by atoms with E-state index in [4.69, 9.17) is 9.72 Å². The summed E-state index contributed by atoms with van der Waals surface area (Å²) in [6.45, 7) is 5.44. The van der Waals surface area contributed by atoms with Crippen LogP contribution >= 0.6 is 23.1 Å². The average molecular weight is 441 g/mol. The predicted octanol–water partition coefficient (Wildman–Crippen LogP) is 5.20. The van der Waals surface area contributed by atoms with Gasteiger partial charge < -0.3 is 10.1 Å².